The second-order valence-corrected chi connectivity index (χ2v) is 8.76. The summed E-state index contributed by atoms with van der Waals surface area (Å²) in [6.45, 7) is 0. The number of phenols is 1. The zero-order chi connectivity index (χ0) is 23.7. The van der Waals surface area contributed by atoms with Gasteiger partial charge in [0.15, 0.2) is 11.0 Å². The number of rotatable bonds is 6. The molecule has 5 rings (SSSR count). The molecule has 0 bridgehead atoms. The van der Waals surface area contributed by atoms with Crippen LogP contribution in [0.1, 0.15) is 5.56 Å². The Bertz CT molecular complexity index is 1550. The lowest BCUT2D eigenvalue weighted by Gasteiger charge is -2.13. The predicted molar refractivity (Wildman–Crippen MR) is 132 cm³/mol. The smallest absolute Gasteiger partial charge is 0.336 e. The summed E-state index contributed by atoms with van der Waals surface area (Å²) in [5.41, 5.74) is 2.24. The zero-order valence-electron chi connectivity index (χ0n) is 17.9. The molecular weight excluding hydrogens is 474 g/mol. The lowest BCUT2D eigenvalue weighted by molar-refractivity contribution is 0.416. The Morgan fingerprint density at radius 2 is 1.85 bits per heavy atom. The highest BCUT2D eigenvalue weighted by molar-refractivity contribution is 7.98. The molecule has 0 saturated heterocycles. The van der Waals surface area contributed by atoms with Crippen molar-refractivity contribution >= 4 is 34.3 Å². The molecule has 3 aromatic carbocycles. The molecule has 2 aromatic heterocycles. The molecule has 0 unspecified atom stereocenters. The molecule has 5 aromatic rings. The molecule has 9 heteroatoms. The van der Waals surface area contributed by atoms with E-state index in [-0.39, 0.29) is 5.75 Å². The first-order valence-electron chi connectivity index (χ1n) is 10.3. The van der Waals surface area contributed by atoms with Crippen LogP contribution in [0.3, 0.4) is 0 Å². The van der Waals surface area contributed by atoms with Crippen molar-refractivity contribution < 1.29 is 14.3 Å². The van der Waals surface area contributed by atoms with E-state index in [2.05, 4.69) is 10.2 Å². The molecular formula is C25H18ClN3O4S. The van der Waals surface area contributed by atoms with Gasteiger partial charge in [0, 0.05) is 34.0 Å². The summed E-state index contributed by atoms with van der Waals surface area (Å²) < 4.78 is 12.7. The third-order valence-corrected chi connectivity index (χ3v) is 6.47. The number of aromatic nitrogens is 3. The Kier molecular flexibility index (Phi) is 6.00. The molecule has 0 aliphatic rings. The highest BCUT2D eigenvalue weighted by Gasteiger charge is 2.19. The Morgan fingerprint density at radius 3 is 2.65 bits per heavy atom. The summed E-state index contributed by atoms with van der Waals surface area (Å²) in [7, 11) is 1.61. The number of ether oxygens (including phenoxy) is 1. The van der Waals surface area contributed by atoms with Crippen molar-refractivity contribution in [2.24, 2.45) is 0 Å². The first kappa shape index (κ1) is 22.1. The molecule has 0 radical (unpaired) electrons. The Balaban J connectivity index is 1.59. The quantitative estimate of drug-likeness (QED) is 0.240. The van der Waals surface area contributed by atoms with Crippen LogP contribution in [-0.2, 0) is 5.75 Å². The normalized spacial score (nSPS) is 11.1. The summed E-state index contributed by atoms with van der Waals surface area (Å²) in [6, 6.07) is 21.2. The van der Waals surface area contributed by atoms with Crippen LogP contribution in [0.5, 0.6) is 11.5 Å². The van der Waals surface area contributed by atoms with Crippen LogP contribution in [0.15, 0.2) is 87.2 Å². The number of benzene rings is 3. The van der Waals surface area contributed by atoms with Crippen molar-refractivity contribution in [1.29, 1.82) is 0 Å². The van der Waals surface area contributed by atoms with Crippen LogP contribution in [0.25, 0.3) is 28.0 Å². The van der Waals surface area contributed by atoms with Gasteiger partial charge in [0.2, 0.25) is 0 Å². The van der Waals surface area contributed by atoms with E-state index in [1.807, 2.05) is 41.0 Å². The van der Waals surface area contributed by atoms with Gasteiger partial charge in [-0.1, -0.05) is 35.5 Å². The fourth-order valence-electron chi connectivity index (χ4n) is 3.67. The maximum atomic E-state index is 12.1. The Morgan fingerprint density at radius 1 is 1.06 bits per heavy atom. The number of hydrogen-bond donors (Lipinski definition) is 1. The van der Waals surface area contributed by atoms with E-state index in [1.165, 1.54) is 23.9 Å². The summed E-state index contributed by atoms with van der Waals surface area (Å²) in [5.74, 6) is 1.76. The zero-order valence-corrected chi connectivity index (χ0v) is 19.5. The third-order valence-electron chi connectivity index (χ3n) is 5.24. The van der Waals surface area contributed by atoms with E-state index in [1.54, 1.807) is 31.4 Å². The number of para-hydroxylation sites is 1. The van der Waals surface area contributed by atoms with E-state index in [0.29, 0.717) is 33.1 Å². The summed E-state index contributed by atoms with van der Waals surface area (Å²) in [5, 5.41) is 20.6. The molecule has 0 aliphatic carbocycles. The van der Waals surface area contributed by atoms with E-state index < -0.39 is 5.63 Å². The maximum Gasteiger partial charge on any atom is 0.336 e. The lowest BCUT2D eigenvalue weighted by Crippen LogP contribution is -2.02. The fourth-order valence-corrected chi connectivity index (χ4v) is 4.74. The number of aromatic hydroxyl groups is 1. The minimum Gasteiger partial charge on any atom is -0.508 e. The Hall–Kier alpha value is -3.75. The van der Waals surface area contributed by atoms with E-state index in [0.717, 1.165) is 22.2 Å². The van der Waals surface area contributed by atoms with Gasteiger partial charge in [-0.25, -0.2) is 4.79 Å². The number of phenolic OH excluding ortho intramolecular Hbond substituents is 1. The molecule has 0 fully saturated rings. The number of thioether (sulfide) groups is 1. The number of fused-ring (bicyclic) bond motifs is 1. The van der Waals surface area contributed by atoms with Gasteiger partial charge in [-0.15, -0.1) is 10.2 Å². The van der Waals surface area contributed by atoms with Crippen LogP contribution in [0.4, 0.5) is 0 Å². The highest BCUT2D eigenvalue weighted by atomic mass is 35.5. The number of methoxy groups -OCH3 is 1. The second kappa shape index (κ2) is 9.24. The summed E-state index contributed by atoms with van der Waals surface area (Å²) in [6.07, 6.45) is 0. The fraction of sp³-hybridized carbons (Fsp3) is 0.0800. The van der Waals surface area contributed by atoms with Gasteiger partial charge >= 0.3 is 5.63 Å². The van der Waals surface area contributed by atoms with Gasteiger partial charge < -0.3 is 14.3 Å². The summed E-state index contributed by atoms with van der Waals surface area (Å²) in [4.78, 5) is 12.1. The lowest BCUT2D eigenvalue weighted by atomic mass is 10.1. The van der Waals surface area contributed by atoms with Gasteiger partial charge in [0.25, 0.3) is 0 Å². The van der Waals surface area contributed by atoms with Crippen molar-refractivity contribution in [3.05, 3.63) is 93.8 Å². The second-order valence-electron chi connectivity index (χ2n) is 7.38. The van der Waals surface area contributed by atoms with Crippen molar-refractivity contribution in [3.8, 4) is 28.6 Å². The van der Waals surface area contributed by atoms with Crippen LogP contribution >= 0.6 is 23.4 Å². The predicted octanol–water partition coefficient (Wildman–Crippen LogP) is 5.70. The Labute approximate surface area is 203 Å². The largest absolute Gasteiger partial charge is 0.508 e. The van der Waals surface area contributed by atoms with Crippen LogP contribution in [-0.4, -0.2) is 27.0 Å². The average Bonchev–Trinajstić information content (AvgIpc) is 3.26. The van der Waals surface area contributed by atoms with Gasteiger partial charge in [-0.05, 0) is 54.1 Å². The molecule has 1 N–H and O–H groups in total. The minimum absolute atomic E-state index is 0.0318. The molecule has 0 saturated carbocycles. The van der Waals surface area contributed by atoms with Crippen molar-refractivity contribution in [3.63, 3.8) is 0 Å². The minimum atomic E-state index is -0.484. The molecule has 0 aliphatic heterocycles. The van der Waals surface area contributed by atoms with Gasteiger partial charge in [-0.2, -0.15) is 0 Å². The van der Waals surface area contributed by atoms with Crippen molar-refractivity contribution in [2.75, 3.05) is 7.11 Å². The average molecular weight is 492 g/mol. The van der Waals surface area contributed by atoms with Crippen LogP contribution in [0.2, 0.25) is 5.02 Å². The van der Waals surface area contributed by atoms with Crippen LogP contribution in [0, 0.1) is 0 Å². The number of hydrogen-bond acceptors (Lipinski definition) is 7. The third kappa shape index (κ3) is 4.25. The van der Waals surface area contributed by atoms with E-state index in [4.69, 9.17) is 20.8 Å². The standard InChI is InChI=1S/C25H18ClN3O4S/c1-32-21-5-3-2-4-20(21)24-27-28-25(29(24)17-8-6-16(26)7-9-17)34-14-15-12-23(31)33-22-13-18(30)10-11-19(15)22/h2-13,30H,14H2,1H3. The van der Waals surface area contributed by atoms with Gasteiger partial charge in [0.1, 0.15) is 17.1 Å². The summed E-state index contributed by atoms with van der Waals surface area (Å²) >= 11 is 7.55. The molecule has 7 nitrogen and oxygen atoms in total. The number of nitrogens with zero attached hydrogens (tertiary/aromatic N) is 3. The molecule has 170 valence electrons. The van der Waals surface area contributed by atoms with Crippen LogP contribution < -0.4 is 10.4 Å². The number of halogens is 1. The molecule has 0 atom stereocenters. The van der Waals surface area contributed by atoms with Crippen molar-refractivity contribution in [2.45, 2.75) is 10.9 Å². The molecule has 0 amide bonds. The molecule has 34 heavy (non-hydrogen) atoms. The van der Waals surface area contributed by atoms with Gasteiger partial charge in [0.05, 0.1) is 12.7 Å². The monoisotopic (exact) mass is 491 g/mol. The van der Waals surface area contributed by atoms with E-state index >= 15 is 0 Å². The molecule has 0 spiro atoms. The first-order valence-corrected chi connectivity index (χ1v) is 11.6. The topological polar surface area (TPSA) is 90.4 Å². The SMILES string of the molecule is COc1ccccc1-c1nnc(SCc2cc(=O)oc3cc(O)ccc23)n1-c1ccc(Cl)cc1. The van der Waals surface area contributed by atoms with Crippen molar-refractivity contribution in [1.82, 2.24) is 14.8 Å². The highest BCUT2D eigenvalue weighted by Crippen LogP contribution is 2.35. The maximum absolute atomic E-state index is 12.1. The van der Waals surface area contributed by atoms with Gasteiger partial charge in [-0.3, -0.25) is 4.57 Å². The first-order chi connectivity index (χ1) is 16.5. The van der Waals surface area contributed by atoms with E-state index in [9.17, 15) is 9.90 Å². The molecule has 2 heterocycles.